The van der Waals surface area contributed by atoms with Gasteiger partial charge in [0, 0.05) is 12.2 Å². The van der Waals surface area contributed by atoms with Gasteiger partial charge in [-0.1, -0.05) is 6.92 Å². The van der Waals surface area contributed by atoms with Gasteiger partial charge >= 0.3 is 5.97 Å². The number of thioether (sulfide) groups is 1. The van der Waals surface area contributed by atoms with Crippen LogP contribution in [0.4, 0.5) is 0 Å². The van der Waals surface area contributed by atoms with E-state index in [1.54, 1.807) is 6.92 Å². The first kappa shape index (κ1) is 15.9. The van der Waals surface area contributed by atoms with E-state index in [4.69, 9.17) is 0 Å². The van der Waals surface area contributed by atoms with Gasteiger partial charge in [0.15, 0.2) is 0 Å². The van der Waals surface area contributed by atoms with Crippen molar-refractivity contribution in [2.75, 3.05) is 26.4 Å². The van der Waals surface area contributed by atoms with Crippen LogP contribution >= 0.6 is 11.8 Å². The van der Waals surface area contributed by atoms with Crippen LogP contribution in [0.25, 0.3) is 0 Å². The van der Waals surface area contributed by atoms with Gasteiger partial charge in [-0.3, -0.25) is 0 Å². The zero-order valence-electron chi connectivity index (χ0n) is 11.9. The van der Waals surface area contributed by atoms with Gasteiger partial charge < -0.3 is 10.0 Å². The lowest BCUT2D eigenvalue weighted by molar-refractivity contribution is 0.0690. The fourth-order valence-electron chi connectivity index (χ4n) is 1.66. The highest BCUT2D eigenvalue weighted by Crippen LogP contribution is 2.23. The number of rotatable bonds is 7. The average Bonchev–Trinajstić information content (AvgIpc) is 2.33. The van der Waals surface area contributed by atoms with Gasteiger partial charge in [0.25, 0.3) is 0 Å². The Balaban J connectivity index is 2.84. The summed E-state index contributed by atoms with van der Waals surface area (Å²) < 4.78 is 0. The van der Waals surface area contributed by atoms with E-state index in [0.29, 0.717) is 23.0 Å². The predicted molar refractivity (Wildman–Crippen MR) is 77.0 cm³/mol. The molecule has 0 fully saturated rings. The number of hydrogen-bond acceptors (Lipinski definition) is 5. The smallest absolute Gasteiger partial charge is 0.340 e. The Hall–Kier alpha value is -1.14. The Morgan fingerprint density at radius 3 is 2.58 bits per heavy atom. The number of carboxylic acids is 1. The van der Waals surface area contributed by atoms with Crippen molar-refractivity contribution in [2.45, 2.75) is 31.7 Å². The lowest BCUT2D eigenvalue weighted by atomic mass is 10.2. The van der Waals surface area contributed by atoms with E-state index in [9.17, 15) is 9.90 Å². The molecule has 5 nitrogen and oxygen atoms in total. The summed E-state index contributed by atoms with van der Waals surface area (Å²) in [7, 11) is 4.05. The number of carbonyl (C=O) groups is 1. The Labute approximate surface area is 118 Å². The van der Waals surface area contributed by atoms with Gasteiger partial charge in [0.05, 0.1) is 5.69 Å². The van der Waals surface area contributed by atoms with E-state index in [2.05, 4.69) is 14.9 Å². The number of hydrogen-bond donors (Lipinski definition) is 1. The molecule has 1 heterocycles. The largest absolute Gasteiger partial charge is 0.478 e. The van der Waals surface area contributed by atoms with Gasteiger partial charge in [-0.05, 0) is 34.0 Å². The molecule has 0 amide bonds. The highest BCUT2D eigenvalue weighted by molar-refractivity contribution is 7.99. The summed E-state index contributed by atoms with van der Waals surface area (Å²) in [6.07, 6.45) is 1.72. The number of aromatic carboxylic acids is 1. The lowest BCUT2D eigenvalue weighted by Gasteiger charge is -2.11. The molecule has 6 heteroatoms. The van der Waals surface area contributed by atoms with E-state index in [-0.39, 0.29) is 5.56 Å². The third-order valence-electron chi connectivity index (χ3n) is 2.62. The molecule has 0 aliphatic rings. The van der Waals surface area contributed by atoms with Crippen molar-refractivity contribution in [1.82, 2.24) is 14.9 Å². The lowest BCUT2D eigenvalue weighted by Crippen LogP contribution is -2.14. The Morgan fingerprint density at radius 2 is 2.05 bits per heavy atom. The van der Waals surface area contributed by atoms with E-state index in [1.165, 1.54) is 11.8 Å². The summed E-state index contributed by atoms with van der Waals surface area (Å²) in [5.74, 6) is 0.616. The highest BCUT2D eigenvalue weighted by atomic mass is 32.2. The van der Waals surface area contributed by atoms with Crippen molar-refractivity contribution in [3.63, 3.8) is 0 Å². The fraction of sp³-hybridized carbons (Fsp3) is 0.615. The Bertz CT molecular complexity index is 450. The molecule has 0 saturated heterocycles. The molecular weight excluding hydrogens is 262 g/mol. The van der Waals surface area contributed by atoms with E-state index in [1.807, 2.05) is 21.0 Å². The topological polar surface area (TPSA) is 66.3 Å². The van der Waals surface area contributed by atoms with Gasteiger partial charge in [-0.25, -0.2) is 14.8 Å². The van der Waals surface area contributed by atoms with Crippen molar-refractivity contribution in [1.29, 1.82) is 0 Å². The monoisotopic (exact) mass is 283 g/mol. The normalized spacial score (nSPS) is 11.0. The number of carboxylic acid groups (broad SMARTS) is 1. The molecule has 0 bridgehead atoms. The van der Waals surface area contributed by atoms with E-state index >= 15 is 0 Å². The molecule has 1 rings (SSSR count). The van der Waals surface area contributed by atoms with Crippen molar-refractivity contribution in [2.24, 2.45) is 0 Å². The standard InChI is InChI=1S/C13H21N3O2S/c1-5-10-14-9(2)11(13(17)18)12(15-10)19-8-6-7-16(3)4/h5-8H2,1-4H3,(H,17,18). The minimum absolute atomic E-state index is 0.243. The third kappa shape index (κ3) is 4.80. The Morgan fingerprint density at radius 1 is 1.37 bits per heavy atom. The molecule has 0 aliphatic carbocycles. The van der Waals surface area contributed by atoms with E-state index < -0.39 is 5.97 Å². The predicted octanol–water partition coefficient (Wildman–Crippen LogP) is 2.09. The van der Waals surface area contributed by atoms with Crippen LogP contribution in [0.15, 0.2) is 5.03 Å². The van der Waals surface area contributed by atoms with Crippen molar-refractivity contribution >= 4 is 17.7 Å². The molecule has 0 radical (unpaired) electrons. The third-order valence-corrected chi connectivity index (χ3v) is 3.68. The molecule has 1 N–H and O–H groups in total. The number of nitrogens with zero attached hydrogens (tertiary/aromatic N) is 3. The fourth-order valence-corrected chi connectivity index (χ4v) is 2.68. The van der Waals surface area contributed by atoms with Crippen LogP contribution in [-0.2, 0) is 6.42 Å². The maximum atomic E-state index is 11.3. The van der Waals surface area contributed by atoms with Crippen molar-refractivity contribution < 1.29 is 9.90 Å². The summed E-state index contributed by atoms with van der Waals surface area (Å²) in [5, 5.41) is 9.85. The van der Waals surface area contributed by atoms with Crippen LogP contribution in [0, 0.1) is 6.92 Å². The second-order valence-electron chi connectivity index (χ2n) is 4.57. The van der Waals surface area contributed by atoms with Crippen molar-refractivity contribution in [3.8, 4) is 0 Å². The molecule has 1 aromatic rings. The first-order valence-electron chi connectivity index (χ1n) is 6.34. The molecule has 0 atom stereocenters. The molecule has 0 unspecified atom stereocenters. The van der Waals surface area contributed by atoms with Gasteiger partial charge in [-0.15, -0.1) is 11.8 Å². The van der Waals surface area contributed by atoms with E-state index in [0.717, 1.165) is 18.7 Å². The summed E-state index contributed by atoms with van der Waals surface area (Å²) in [6, 6.07) is 0. The maximum absolute atomic E-state index is 11.3. The van der Waals surface area contributed by atoms with Crippen LogP contribution in [0.2, 0.25) is 0 Å². The van der Waals surface area contributed by atoms with Gasteiger partial charge in [0.2, 0.25) is 0 Å². The average molecular weight is 283 g/mol. The van der Waals surface area contributed by atoms with Crippen LogP contribution in [0.1, 0.15) is 35.2 Å². The first-order chi connectivity index (χ1) is 8.95. The summed E-state index contributed by atoms with van der Waals surface area (Å²) in [6.45, 7) is 4.68. The molecule has 19 heavy (non-hydrogen) atoms. The quantitative estimate of drug-likeness (QED) is 0.469. The molecule has 0 saturated carbocycles. The van der Waals surface area contributed by atoms with Gasteiger partial charge in [-0.2, -0.15) is 0 Å². The van der Waals surface area contributed by atoms with Crippen LogP contribution in [0.5, 0.6) is 0 Å². The molecule has 0 aliphatic heterocycles. The second kappa shape index (κ2) is 7.45. The van der Waals surface area contributed by atoms with Crippen LogP contribution < -0.4 is 0 Å². The molecule has 0 aromatic carbocycles. The molecule has 0 spiro atoms. The molecule has 106 valence electrons. The summed E-state index contributed by atoms with van der Waals surface area (Å²) >= 11 is 1.50. The zero-order valence-corrected chi connectivity index (χ0v) is 12.8. The summed E-state index contributed by atoms with van der Waals surface area (Å²) in [4.78, 5) is 22.0. The van der Waals surface area contributed by atoms with Gasteiger partial charge in [0.1, 0.15) is 16.4 Å². The first-order valence-corrected chi connectivity index (χ1v) is 7.32. The minimum Gasteiger partial charge on any atom is -0.478 e. The SMILES string of the molecule is CCc1nc(C)c(C(=O)O)c(SCCCN(C)C)n1. The summed E-state index contributed by atoms with van der Waals surface area (Å²) in [5.41, 5.74) is 0.793. The van der Waals surface area contributed by atoms with Crippen LogP contribution in [0.3, 0.4) is 0 Å². The number of aromatic nitrogens is 2. The second-order valence-corrected chi connectivity index (χ2v) is 5.65. The van der Waals surface area contributed by atoms with Crippen molar-refractivity contribution in [3.05, 3.63) is 17.1 Å². The number of aryl methyl sites for hydroxylation is 2. The molecule has 1 aromatic heterocycles. The molecular formula is C13H21N3O2S. The minimum atomic E-state index is -0.949. The highest BCUT2D eigenvalue weighted by Gasteiger charge is 2.17. The van der Waals surface area contributed by atoms with Crippen LogP contribution in [-0.4, -0.2) is 52.3 Å². The Kier molecular flexibility index (Phi) is 6.24. The zero-order chi connectivity index (χ0) is 14.4. The maximum Gasteiger partial charge on any atom is 0.340 e.